The van der Waals surface area contributed by atoms with Crippen LogP contribution >= 0.6 is 15.6 Å². The maximum absolute atomic E-state index is 13.1. The summed E-state index contributed by atoms with van der Waals surface area (Å²) >= 11 is 0. The zero-order valence-corrected chi connectivity index (χ0v) is 69.6. The summed E-state index contributed by atoms with van der Waals surface area (Å²) in [7, 11) is -10.0. The molecular weight excluding hydrogens is 1430 g/mol. The van der Waals surface area contributed by atoms with Crippen LogP contribution < -0.4 is 0 Å². The molecule has 110 heavy (non-hydrogen) atoms. The van der Waals surface area contributed by atoms with Gasteiger partial charge in [0, 0.05) is 25.7 Å². The van der Waals surface area contributed by atoms with Gasteiger partial charge in [0.05, 0.1) is 26.4 Å². The van der Waals surface area contributed by atoms with Crippen LogP contribution in [0.4, 0.5) is 0 Å². The molecule has 0 radical (unpaired) electrons. The summed E-state index contributed by atoms with van der Waals surface area (Å²) in [5, 5.41) is 10.7. The van der Waals surface area contributed by atoms with E-state index in [0.717, 1.165) is 199 Å². The molecule has 19 heteroatoms. The second-order valence-corrected chi connectivity index (χ2v) is 29.4. The number of unbranched alkanes of at least 4 members (excludes halogenated alkanes) is 15. The van der Waals surface area contributed by atoms with Gasteiger partial charge in [-0.2, -0.15) is 0 Å². The normalized spacial score (nSPS) is 14.9. The molecule has 0 saturated carbocycles. The number of carbonyl (C=O) groups is 4. The maximum Gasteiger partial charge on any atom is 0.472 e. The molecule has 5 unspecified atom stereocenters. The number of esters is 4. The van der Waals surface area contributed by atoms with E-state index >= 15 is 0 Å². The van der Waals surface area contributed by atoms with Crippen molar-refractivity contribution in [2.45, 2.75) is 303 Å². The van der Waals surface area contributed by atoms with Crippen molar-refractivity contribution in [3.8, 4) is 0 Å². The van der Waals surface area contributed by atoms with Crippen molar-refractivity contribution < 1.29 is 80.2 Å². The molecule has 5 atom stereocenters. The van der Waals surface area contributed by atoms with Gasteiger partial charge in [-0.1, -0.05) is 286 Å². The first kappa shape index (κ1) is 104. The molecule has 0 amide bonds. The monoisotopic (exact) mass is 1570 g/mol. The summed E-state index contributed by atoms with van der Waals surface area (Å²) in [6, 6.07) is 0. The van der Waals surface area contributed by atoms with Gasteiger partial charge < -0.3 is 33.8 Å². The highest BCUT2D eigenvalue weighted by atomic mass is 31.2. The molecule has 620 valence electrons. The SMILES string of the molecule is CC/C=C\C/C=C\C/C=C\C/C=C\C/C=C\CCCCCC(=O)OCC(COP(=O)(O)OCC(O)COP(=O)(O)OCC(COC(=O)CCC/C=C\C/C=C\C/C=C\C/C=C\C/C=C\CC)OC(=O)CCCCCCC/C=C\C/C=C\C/C=C\CC)OC(=O)CCCCCCCC/C=C\C/C=C\C/C=C\C/C=C\CC. The molecule has 0 aliphatic carbocycles. The minimum Gasteiger partial charge on any atom is -0.462 e. The standard InChI is InChI=1S/C91H144O17P2/c1-5-9-13-17-21-25-29-33-37-40-42-45-49-52-56-60-64-68-72-76-89(94)102-82-87(108-91(96)78-74-70-66-62-58-54-50-46-43-41-38-34-30-26-22-18-14-10-6-2)84-106-110(99,100)104-80-85(92)79-103-109(97,98)105-83-86(107-90(95)77-73-69-65-61-57-53-47-36-32-28-24-20-16-12-8-4)81-101-88(93)75-71-67-63-59-55-51-48-44-39-35-31-27-23-19-15-11-7-3/h9-16,21-28,33-39,42-43,45-48,51-52,56,59,63,85-87,92H,5-8,17-20,29-32,40-41,44,49-50,53-55,57-58,60-62,64-84H2,1-4H3,(H,97,98)(H,99,100)/b13-9-,14-10-,15-11-,16-12-,25-21-,26-22-,27-23-,28-24-,37-33-,38-34-,39-35-,45-42-,46-43-,47-36-,51-48-,56-52-,63-59-. The fourth-order valence-corrected chi connectivity index (χ4v) is 11.7. The molecule has 0 saturated heterocycles. The molecule has 0 aromatic heterocycles. The van der Waals surface area contributed by atoms with Gasteiger partial charge in [0.1, 0.15) is 19.3 Å². The number of ether oxygens (including phenoxy) is 4. The average Bonchev–Trinajstić information content (AvgIpc) is 0.900. The first-order valence-electron chi connectivity index (χ1n) is 41.3. The Kier molecular flexibility index (Phi) is 76.0. The molecule has 0 aliphatic rings. The number of hydrogen-bond acceptors (Lipinski definition) is 15. The van der Waals surface area contributed by atoms with E-state index in [1.807, 2.05) is 12.2 Å². The predicted molar refractivity (Wildman–Crippen MR) is 454 cm³/mol. The lowest BCUT2D eigenvalue weighted by molar-refractivity contribution is -0.161. The summed E-state index contributed by atoms with van der Waals surface area (Å²) in [5.74, 6) is -2.33. The fraction of sp³-hybridized carbons (Fsp3) is 0.582. The minimum absolute atomic E-state index is 0.0540. The van der Waals surface area contributed by atoms with Gasteiger partial charge in [-0.25, -0.2) is 9.13 Å². The molecule has 0 rings (SSSR count). The molecule has 0 aliphatic heterocycles. The Morgan fingerprint density at radius 2 is 0.455 bits per heavy atom. The molecule has 0 aromatic carbocycles. The van der Waals surface area contributed by atoms with Gasteiger partial charge in [0.25, 0.3) is 0 Å². The Hall–Kier alpha value is -6.36. The van der Waals surface area contributed by atoms with E-state index in [-0.39, 0.29) is 25.7 Å². The Morgan fingerprint density at radius 1 is 0.255 bits per heavy atom. The second-order valence-electron chi connectivity index (χ2n) is 26.5. The molecule has 17 nitrogen and oxygen atoms in total. The number of phosphoric acid groups is 2. The van der Waals surface area contributed by atoms with Crippen molar-refractivity contribution in [1.82, 2.24) is 0 Å². The van der Waals surface area contributed by atoms with Crippen LogP contribution in [0, 0.1) is 0 Å². The average molecular weight is 1570 g/mol. The van der Waals surface area contributed by atoms with E-state index in [0.29, 0.717) is 32.1 Å². The number of allylic oxidation sites excluding steroid dienone is 34. The summed E-state index contributed by atoms with van der Waals surface area (Å²) in [5.41, 5.74) is 0. The summed E-state index contributed by atoms with van der Waals surface area (Å²) in [4.78, 5) is 73.2. The smallest absolute Gasteiger partial charge is 0.462 e. The van der Waals surface area contributed by atoms with Crippen LogP contribution in [0.1, 0.15) is 285 Å². The zero-order chi connectivity index (χ0) is 80.3. The highest BCUT2D eigenvalue weighted by molar-refractivity contribution is 7.47. The molecule has 3 N–H and O–H groups in total. The lowest BCUT2D eigenvalue weighted by Crippen LogP contribution is -2.30. The van der Waals surface area contributed by atoms with Crippen molar-refractivity contribution in [1.29, 1.82) is 0 Å². The highest BCUT2D eigenvalue weighted by Crippen LogP contribution is 2.45. The Balaban J connectivity index is 5.51. The van der Waals surface area contributed by atoms with Crippen LogP contribution in [0.5, 0.6) is 0 Å². The number of phosphoric ester groups is 2. The topological polar surface area (TPSA) is 237 Å². The van der Waals surface area contributed by atoms with E-state index in [4.69, 9.17) is 37.0 Å². The Morgan fingerprint density at radius 3 is 0.727 bits per heavy atom. The number of aliphatic hydroxyl groups is 1. The quantitative estimate of drug-likeness (QED) is 0.0169. The third-order valence-corrected chi connectivity index (χ3v) is 18.1. The molecule has 0 spiro atoms. The van der Waals surface area contributed by atoms with E-state index in [1.54, 1.807) is 0 Å². The van der Waals surface area contributed by atoms with Crippen LogP contribution in [-0.4, -0.2) is 96.7 Å². The van der Waals surface area contributed by atoms with E-state index < -0.39 is 97.5 Å². The molecule has 0 heterocycles. The molecular formula is C91H144O17P2. The Bertz CT molecular complexity index is 2900. The van der Waals surface area contributed by atoms with Crippen molar-refractivity contribution in [2.75, 3.05) is 39.6 Å². The molecule has 0 aromatic rings. The zero-order valence-electron chi connectivity index (χ0n) is 67.8. The number of carbonyl (C=O) groups excluding carboxylic acids is 4. The number of hydrogen-bond donors (Lipinski definition) is 3. The molecule has 0 fully saturated rings. The summed E-state index contributed by atoms with van der Waals surface area (Å²) < 4.78 is 68.6. The van der Waals surface area contributed by atoms with Crippen LogP contribution in [0.15, 0.2) is 207 Å². The predicted octanol–water partition coefficient (Wildman–Crippen LogP) is 24.7. The van der Waals surface area contributed by atoms with Crippen LogP contribution in [-0.2, 0) is 65.4 Å². The van der Waals surface area contributed by atoms with E-state index in [9.17, 15) is 43.2 Å². The van der Waals surface area contributed by atoms with Crippen LogP contribution in [0.2, 0.25) is 0 Å². The van der Waals surface area contributed by atoms with Crippen molar-refractivity contribution >= 4 is 39.5 Å². The number of aliphatic hydroxyl groups excluding tert-OH is 1. The first-order chi connectivity index (χ1) is 53.7. The third-order valence-electron chi connectivity index (χ3n) is 16.2. The highest BCUT2D eigenvalue weighted by Gasteiger charge is 2.30. The lowest BCUT2D eigenvalue weighted by Gasteiger charge is -2.21. The summed E-state index contributed by atoms with van der Waals surface area (Å²) in [6.07, 6.45) is 101. The Labute approximate surface area is 665 Å². The van der Waals surface area contributed by atoms with Crippen molar-refractivity contribution in [3.63, 3.8) is 0 Å². The first-order valence-corrected chi connectivity index (χ1v) is 44.3. The van der Waals surface area contributed by atoms with Crippen molar-refractivity contribution in [2.24, 2.45) is 0 Å². The minimum atomic E-state index is -5.01. The third kappa shape index (κ3) is 79.7. The van der Waals surface area contributed by atoms with Gasteiger partial charge in [0.2, 0.25) is 0 Å². The van der Waals surface area contributed by atoms with Gasteiger partial charge in [0.15, 0.2) is 12.2 Å². The summed E-state index contributed by atoms with van der Waals surface area (Å²) in [6.45, 7) is 4.26. The maximum atomic E-state index is 13.1. The van der Waals surface area contributed by atoms with Crippen LogP contribution in [0.3, 0.4) is 0 Å². The van der Waals surface area contributed by atoms with Crippen molar-refractivity contribution in [3.05, 3.63) is 207 Å². The van der Waals surface area contributed by atoms with Gasteiger partial charge >= 0.3 is 39.5 Å². The fourth-order valence-electron chi connectivity index (χ4n) is 10.1. The molecule has 0 bridgehead atoms. The lowest BCUT2D eigenvalue weighted by atomic mass is 10.1. The number of rotatable bonds is 75. The van der Waals surface area contributed by atoms with Gasteiger partial charge in [-0.15, -0.1) is 0 Å². The van der Waals surface area contributed by atoms with E-state index in [2.05, 4.69) is 222 Å². The van der Waals surface area contributed by atoms with E-state index in [1.165, 1.54) is 0 Å². The van der Waals surface area contributed by atoms with Crippen LogP contribution in [0.25, 0.3) is 0 Å². The van der Waals surface area contributed by atoms with Gasteiger partial charge in [-0.05, 0) is 180 Å². The van der Waals surface area contributed by atoms with Gasteiger partial charge in [-0.3, -0.25) is 37.3 Å². The largest absolute Gasteiger partial charge is 0.472 e. The second kappa shape index (κ2) is 80.7.